The van der Waals surface area contributed by atoms with Crippen LogP contribution in [0.15, 0.2) is 81.3 Å². The molecule has 0 amide bonds. The second-order valence-corrected chi connectivity index (χ2v) is 11.4. The number of rotatable bonds is 9. The van der Waals surface area contributed by atoms with Gasteiger partial charge in [0.25, 0.3) is 6.41 Å². The molecule has 0 aliphatic carbocycles. The lowest BCUT2D eigenvalue weighted by molar-refractivity contribution is -0.0359. The number of nitrogens with zero attached hydrogens (tertiary/aromatic N) is 2. The molecule has 2 heterocycles. The zero-order chi connectivity index (χ0) is 29.3. The summed E-state index contributed by atoms with van der Waals surface area (Å²) in [6.45, 7) is 3.32. The Morgan fingerprint density at radius 1 is 1.17 bits per heavy atom. The van der Waals surface area contributed by atoms with E-state index < -0.39 is 34.2 Å². The van der Waals surface area contributed by atoms with Crippen LogP contribution in [0, 0.1) is 12.7 Å². The molecule has 0 spiro atoms. The van der Waals surface area contributed by atoms with Crippen LogP contribution in [0.3, 0.4) is 0 Å². The molecular weight excluding hydrogens is 575 g/mol. The Hall–Kier alpha value is -3.97. The maximum absolute atomic E-state index is 15.5. The van der Waals surface area contributed by atoms with Crippen molar-refractivity contribution in [1.82, 2.24) is 15.1 Å². The fraction of sp³-hybridized carbons (Fsp3) is 0.214. The first-order valence-electron chi connectivity index (χ1n) is 12.4. The van der Waals surface area contributed by atoms with Gasteiger partial charge in [0.15, 0.2) is 5.76 Å². The molecule has 1 aliphatic heterocycles. The van der Waals surface area contributed by atoms with Crippen LogP contribution in [0.25, 0.3) is 22.8 Å². The van der Waals surface area contributed by atoms with E-state index in [1.54, 1.807) is 26.1 Å². The summed E-state index contributed by atoms with van der Waals surface area (Å²) in [4.78, 5) is 4.16. The van der Waals surface area contributed by atoms with Gasteiger partial charge in [-0.3, -0.25) is 0 Å². The SMILES string of the molecule is COc1cc(Cl)ccc1S(=O)(=O)N[C@H](C1=NNC(O)O1)[C@H](C)c1c(F)ccc(-c2cnc(-c3ccccc3)o2)c1C. The lowest BCUT2D eigenvalue weighted by atomic mass is 9.87. The summed E-state index contributed by atoms with van der Waals surface area (Å²) in [5, 5.41) is 14.1. The molecule has 41 heavy (non-hydrogen) atoms. The fourth-order valence-electron chi connectivity index (χ4n) is 4.69. The standard InChI is InChI=1S/C28H26ClFN4O6S/c1-15-19(22-14-31-26(39-22)17-7-5-4-6-8-17)10-11-20(30)24(15)16(2)25(27-32-33-28(35)40-27)34-41(36,37)23-12-9-18(29)13-21(23)38-3/h4-14,16,25,28,33-35H,1-3H3/t16-,25+,28?/m1/s1. The number of hydrogen-bond acceptors (Lipinski definition) is 9. The average Bonchev–Trinajstić information content (AvgIpc) is 3.61. The van der Waals surface area contributed by atoms with E-state index in [0.29, 0.717) is 22.8 Å². The second-order valence-electron chi connectivity index (χ2n) is 9.26. The van der Waals surface area contributed by atoms with Gasteiger partial charge in [-0.05, 0) is 54.4 Å². The van der Waals surface area contributed by atoms with E-state index in [1.165, 1.54) is 31.4 Å². The highest BCUT2D eigenvalue weighted by Gasteiger charge is 2.37. The first kappa shape index (κ1) is 28.6. The molecular formula is C28H26ClFN4O6S. The number of methoxy groups -OCH3 is 1. The number of sulfonamides is 1. The summed E-state index contributed by atoms with van der Waals surface area (Å²) in [5.41, 5.74) is 4.35. The third-order valence-corrected chi connectivity index (χ3v) is 8.41. The first-order chi connectivity index (χ1) is 19.6. The van der Waals surface area contributed by atoms with Crippen molar-refractivity contribution in [2.24, 2.45) is 5.10 Å². The molecule has 10 nitrogen and oxygen atoms in total. The van der Waals surface area contributed by atoms with Crippen LogP contribution in [0.1, 0.15) is 24.0 Å². The predicted octanol–water partition coefficient (Wildman–Crippen LogP) is 4.78. The third kappa shape index (κ3) is 5.77. The van der Waals surface area contributed by atoms with Gasteiger partial charge in [0.2, 0.25) is 21.8 Å². The van der Waals surface area contributed by atoms with Gasteiger partial charge in [0, 0.05) is 28.1 Å². The second kappa shape index (κ2) is 11.5. The number of aliphatic hydroxyl groups is 1. The van der Waals surface area contributed by atoms with Gasteiger partial charge in [-0.1, -0.05) is 36.7 Å². The van der Waals surface area contributed by atoms with E-state index in [-0.39, 0.29) is 27.1 Å². The number of aliphatic hydroxyl groups excluding tert-OH is 1. The van der Waals surface area contributed by atoms with E-state index in [1.807, 2.05) is 30.3 Å². The monoisotopic (exact) mass is 600 g/mol. The van der Waals surface area contributed by atoms with Crippen LogP contribution in [0.5, 0.6) is 5.75 Å². The van der Waals surface area contributed by atoms with Crippen molar-refractivity contribution < 1.29 is 31.8 Å². The van der Waals surface area contributed by atoms with Gasteiger partial charge in [-0.2, -0.15) is 4.72 Å². The summed E-state index contributed by atoms with van der Waals surface area (Å²) in [7, 11) is -2.99. The fourth-order valence-corrected chi connectivity index (χ4v) is 6.27. The van der Waals surface area contributed by atoms with Crippen LogP contribution in [0.4, 0.5) is 4.39 Å². The van der Waals surface area contributed by atoms with E-state index in [0.717, 1.165) is 5.56 Å². The molecule has 3 atom stereocenters. The highest BCUT2D eigenvalue weighted by molar-refractivity contribution is 7.89. The smallest absolute Gasteiger partial charge is 0.295 e. The molecule has 3 N–H and O–H groups in total. The van der Waals surface area contributed by atoms with Gasteiger partial charge in [0.1, 0.15) is 22.5 Å². The van der Waals surface area contributed by atoms with Gasteiger partial charge >= 0.3 is 0 Å². The molecule has 1 aromatic heterocycles. The minimum absolute atomic E-state index is 0.00717. The minimum atomic E-state index is -4.30. The molecule has 0 saturated heterocycles. The van der Waals surface area contributed by atoms with E-state index in [9.17, 15) is 13.5 Å². The number of halogens is 2. The molecule has 0 bridgehead atoms. The van der Waals surface area contributed by atoms with Crippen LogP contribution in [-0.2, 0) is 14.8 Å². The number of hydrogen-bond donors (Lipinski definition) is 3. The summed E-state index contributed by atoms with van der Waals surface area (Å²) in [5.74, 6) is -0.837. The number of nitrogens with one attached hydrogen (secondary N) is 2. The Labute approximate surface area is 240 Å². The topological polar surface area (TPSA) is 135 Å². The van der Waals surface area contributed by atoms with Gasteiger partial charge in [0.05, 0.1) is 13.3 Å². The van der Waals surface area contributed by atoms with Crippen molar-refractivity contribution in [1.29, 1.82) is 0 Å². The highest BCUT2D eigenvalue weighted by Crippen LogP contribution is 2.36. The Bertz CT molecular complexity index is 1710. The van der Waals surface area contributed by atoms with Crippen molar-refractivity contribution in [2.75, 3.05) is 7.11 Å². The van der Waals surface area contributed by atoms with Gasteiger partial charge in [-0.15, -0.1) is 5.10 Å². The molecule has 0 fully saturated rings. The molecule has 1 aliphatic rings. The van der Waals surface area contributed by atoms with Crippen LogP contribution < -0.4 is 14.9 Å². The molecule has 13 heteroatoms. The quantitative estimate of drug-likeness (QED) is 0.250. The Morgan fingerprint density at radius 3 is 2.61 bits per heavy atom. The zero-order valence-electron chi connectivity index (χ0n) is 22.1. The highest BCUT2D eigenvalue weighted by atomic mass is 35.5. The van der Waals surface area contributed by atoms with Crippen LogP contribution >= 0.6 is 11.6 Å². The van der Waals surface area contributed by atoms with Crippen LogP contribution in [0.2, 0.25) is 5.02 Å². The maximum atomic E-state index is 15.5. The van der Waals surface area contributed by atoms with Crippen molar-refractivity contribution in [3.8, 4) is 28.5 Å². The summed E-state index contributed by atoms with van der Waals surface area (Å²) in [6.07, 6.45) is 0.0474. The van der Waals surface area contributed by atoms with Gasteiger partial charge < -0.3 is 19.0 Å². The molecule has 5 rings (SSSR count). The van der Waals surface area contributed by atoms with E-state index in [4.69, 9.17) is 25.5 Å². The predicted molar refractivity (Wildman–Crippen MR) is 150 cm³/mol. The lowest BCUT2D eigenvalue weighted by Gasteiger charge is -2.27. The van der Waals surface area contributed by atoms with Crippen molar-refractivity contribution in [3.05, 3.63) is 88.8 Å². The Morgan fingerprint density at radius 2 is 1.93 bits per heavy atom. The Kier molecular flexibility index (Phi) is 8.00. The minimum Gasteiger partial charge on any atom is -0.495 e. The average molecular weight is 601 g/mol. The molecule has 0 saturated carbocycles. The lowest BCUT2D eigenvalue weighted by Crippen LogP contribution is -2.45. The van der Waals surface area contributed by atoms with Crippen molar-refractivity contribution in [2.45, 2.75) is 37.1 Å². The molecule has 214 valence electrons. The van der Waals surface area contributed by atoms with Gasteiger partial charge in [-0.25, -0.2) is 23.2 Å². The zero-order valence-corrected chi connectivity index (χ0v) is 23.7. The number of hydrazone groups is 1. The van der Waals surface area contributed by atoms with E-state index >= 15 is 4.39 Å². The number of aromatic nitrogens is 1. The molecule has 1 unspecified atom stereocenters. The maximum Gasteiger partial charge on any atom is 0.295 e. The number of oxazole rings is 1. The molecule has 4 aromatic rings. The summed E-state index contributed by atoms with van der Waals surface area (Å²) in [6, 6.07) is 15.0. The van der Waals surface area contributed by atoms with Crippen LogP contribution in [-0.4, -0.2) is 44.0 Å². The van der Waals surface area contributed by atoms with Crippen molar-refractivity contribution in [3.63, 3.8) is 0 Å². The largest absolute Gasteiger partial charge is 0.495 e. The summed E-state index contributed by atoms with van der Waals surface area (Å²) < 4.78 is 61.7. The normalized spacial score (nSPS) is 16.4. The molecule has 3 aromatic carbocycles. The summed E-state index contributed by atoms with van der Waals surface area (Å²) >= 11 is 6.01. The Balaban J connectivity index is 1.54. The molecule has 0 radical (unpaired) electrons. The van der Waals surface area contributed by atoms with E-state index in [2.05, 4.69) is 20.2 Å². The first-order valence-corrected chi connectivity index (χ1v) is 14.3. The third-order valence-electron chi connectivity index (χ3n) is 6.69. The number of benzene rings is 3. The van der Waals surface area contributed by atoms with Crippen molar-refractivity contribution >= 4 is 27.5 Å². The number of ether oxygens (including phenoxy) is 2.